The highest BCUT2D eigenvalue weighted by Crippen LogP contribution is 2.36. The van der Waals surface area contributed by atoms with Gasteiger partial charge in [0.05, 0.1) is 19.2 Å². The number of primary amides is 1. The van der Waals surface area contributed by atoms with Crippen LogP contribution in [0.2, 0.25) is 0 Å². The van der Waals surface area contributed by atoms with Gasteiger partial charge in [-0.3, -0.25) is 9.69 Å². The number of ether oxygens (including phenoxy) is 1. The van der Waals surface area contributed by atoms with Crippen molar-refractivity contribution in [1.29, 1.82) is 0 Å². The van der Waals surface area contributed by atoms with Crippen LogP contribution < -0.4 is 5.73 Å². The van der Waals surface area contributed by atoms with Crippen molar-refractivity contribution in [3.05, 3.63) is 47.4 Å². The summed E-state index contributed by atoms with van der Waals surface area (Å²) in [5.74, 6) is 0.931. The third-order valence-corrected chi connectivity index (χ3v) is 6.40. The fourth-order valence-electron chi connectivity index (χ4n) is 4.29. The molecule has 3 heterocycles. The fourth-order valence-corrected chi connectivity index (χ4v) is 5.06. The van der Waals surface area contributed by atoms with Gasteiger partial charge < -0.3 is 15.0 Å². The van der Waals surface area contributed by atoms with Crippen molar-refractivity contribution in [3.8, 4) is 0 Å². The number of fused-ring (bicyclic) bond motifs is 1. The Morgan fingerprint density at radius 2 is 2.17 bits per heavy atom. The quantitative estimate of drug-likeness (QED) is 0.596. The Kier molecular flexibility index (Phi) is 6.46. The van der Waals surface area contributed by atoms with Crippen LogP contribution in [0.1, 0.15) is 43.1 Å². The van der Waals surface area contributed by atoms with Crippen LogP contribution in [0.3, 0.4) is 0 Å². The van der Waals surface area contributed by atoms with Crippen LogP contribution in [0.15, 0.2) is 36.5 Å². The summed E-state index contributed by atoms with van der Waals surface area (Å²) in [4.78, 5) is 17.7. The first kappa shape index (κ1) is 21.0. The third kappa shape index (κ3) is 4.88. The molecule has 3 atom stereocenters. The van der Waals surface area contributed by atoms with Gasteiger partial charge in [-0.1, -0.05) is 25.1 Å². The fraction of sp³-hybridized carbons (Fsp3) is 0.500. The lowest BCUT2D eigenvalue weighted by Gasteiger charge is -2.34. The lowest BCUT2D eigenvalue weighted by molar-refractivity contribution is -0.118. The number of nitrogens with zero attached hydrogens (tertiary/aromatic N) is 4. The molecule has 4 rings (SSSR count). The molecule has 3 unspecified atom stereocenters. The van der Waals surface area contributed by atoms with E-state index in [1.54, 1.807) is 0 Å². The molecule has 1 aliphatic rings. The van der Waals surface area contributed by atoms with Crippen LogP contribution in [0.4, 0.5) is 0 Å². The molecule has 160 valence electrons. The highest BCUT2D eigenvalue weighted by atomic mass is 32.1. The summed E-state index contributed by atoms with van der Waals surface area (Å²) >= 11 is 1.38. The molecule has 1 aromatic carbocycles. The number of aromatic nitrogens is 3. The van der Waals surface area contributed by atoms with Gasteiger partial charge in [0, 0.05) is 18.3 Å². The van der Waals surface area contributed by atoms with E-state index in [0.717, 1.165) is 36.6 Å². The van der Waals surface area contributed by atoms with Crippen LogP contribution in [0, 0.1) is 5.92 Å². The van der Waals surface area contributed by atoms with Gasteiger partial charge in [0.2, 0.25) is 5.91 Å². The number of hydrogen-bond acceptors (Lipinski definition) is 6. The number of carbonyl (C=O) groups is 1. The Balaban J connectivity index is 1.45. The Morgan fingerprint density at radius 1 is 1.33 bits per heavy atom. The molecule has 1 aliphatic heterocycles. The Morgan fingerprint density at radius 3 is 2.97 bits per heavy atom. The van der Waals surface area contributed by atoms with E-state index in [1.807, 2.05) is 11.9 Å². The minimum Gasteiger partial charge on any atom is -0.369 e. The first-order valence-electron chi connectivity index (χ1n) is 10.5. The maximum Gasteiger partial charge on any atom is 0.231 e. The van der Waals surface area contributed by atoms with Crippen molar-refractivity contribution < 1.29 is 9.53 Å². The van der Waals surface area contributed by atoms with Crippen LogP contribution in [0.5, 0.6) is 0 Å². The third-order valence-electron chi connectivity index (χ3n) is 5.69. The summed E-state index contributed by atoms with van der Waals surface area (Å²) in [6.07, 6.45) is 5.28. The normalized spacial score (nSPS) is 22.0. The van der Waals surface area contributed by atoms with Gasteiger partial charge in [0.1, 0.15) is 11.1 Å². The van der Waals surface area contributed by atoms with E-state index in [2.05, 4.69) is 52.4 Å². The Bertz CT molecular complexity index is 1000. The topological polar surface area (TPSA) is 86.3 Å². The summed E-state index contributed by atoms with van der Waals surface area (Å²) in [5, 5.41) is 2.16. The zero-order valence-corrected chi connectivity index (χ0v) is 18.3. The SMILES string of the molecule is CCC1CC(Cn2ccc3ccccc32)CC(c2nsc(CN(C)CC(N)=O)n2)O1. The van der Waals surface area contributed by atoms with Gasteiger partial charge in [-0.05, 0) is 61.3 Å². The highest BCUT2D eigenvalue weighted by Gasteiger charge is 2.32. The molecule has 0 bridgehead atoms. The molecule has 30 heavy (non-hydrogen) atoms. The molecule has 1 fully saturated rings. The van der Waals surface area contributed by atoms with E-state index in [-0.39, 0.29) is 24.7 Å². The van der Waals surface area contributed by atoms with Gasteiger partial charge in [-0.15, -0.1) is 0 Å². The average Bonchev–Trinajstić information content (AvgIpc) is 3.34. The largest absolute Gasteiger partial charge is 0.369 e. The summed E-state index contributed by atoms with van der Waals surface area (Å²) in [6.45, 7) is 3.92. The van der Waals surface area contributed by atoms with Gasteiger partial charge in [0.25, 0.3) is 0 Å². The van der Waals surface area contributed by atoms with Gasteiger partial charge in [-0.25, -0.2) is 4.98 Å². The van der Waals surface area contributed by atoms with Crippen LogP contribution in [0.25, 0.3) is 10.9 Å². The van der Waals surface area contributed by atoms with E-state index >= 15 is 0 Å². The zero-order valence-electron chi connectivity index (χ0n) is 17.5. The van der Waals surface area contributed by atoms with Crippen molar-refractivity contribution in [2.24, 2.45) is 11.7 Å². The second-order valence-electron chi connectivity index (χ2n) is 8.20. The number of rotatable bonds is 8. The van der Waals surface area contributed by atoms with Gasteiger partial charge in [-0.2, -0.15) is 4.37 Å². The molecule has 1 saturated heterocycles. The molecular weight excluding hydrogens is 398 g/mol. The van der Waals surface area contributed by atoms with Crippen LogP contribution in [-0.2, 0) is 22.6 Å². The van der Waals surface area contributed by atoms with Gasteiger partial charge >= 0.3 is 0 Å². The number of hydrogen-bond donors (Lipinski definition) is 1. The van der Waals surface area contributed by atoms with Crippen molar-refractivity contribution in [2.75, 3.05) is 13.6 Å². The second-order valence-corrected chi connectivity index (χ2v) is 9.04. The molecule has 2 N–H and O–H groups in total. The first-order chi connectivity index (χ1) is 14.5. The monoisotopic (exact) mass is 427 g/mol. The zero-order chi connectivity index (χ0) is 21.1. The molecule has 0 aliphatic carbocycles. The Labute approximate surface area is 181 Å². The number of carbonyl (C=O) groups excluding carboxylic acids is 1. The molecule has 8 heteroatoms. The smallest absolute Gasteiger partial charge is 0.231 e. The van der Waals surface area contributed by atoms with E-state index < -0.39 is 0 Å². The molecule has 0 spiro atoms. The van der Waals surface area contributed by atoms with E-state index in [1.165, 1.54) is 22.4 Å². The average molecular weight is 428 g/mol. The lowest BCUT2D eigenvalue weighted by atomic mass is 9.90. The van der Waals surface area contributed by atoms with E-state index in [0.29, 0.717) is 12.5 Å². The summed E-state index contributed by atoms with van der Waals surface area (Å²) in [6, 6.07) is 10.7. The maximum absolute atomic E-state index is 11.1. The highest BCUT2D eigenvalue weighted by molar-refractivity contribution is 7.05. The summed E-state index contributed by atoms with van der Waals surface area (Å²) < 4.78 is 13.3. The van der Waals surface area contributed by atoms with Crippen molar-refractivity contribution in [3.63, 3.8) is 0 Å². The standard InChI is InChI=1S/C22H29N5O2S/c1-3-17-10-15(12-27-9-8-16-6-4-5-7-18(16)27)11-19(29-17)22-24-21(30-25-22)14-26(2)13-20(23)28/h4-9,15,17,19H,3,10-14H2,1-2H3,(H2,23,28). The second kappa shape index (κ2) is 9.24. The van der Waals surface area contributed by atoms with Crippen LogP contribution in [-0.4, -0.2) is 44.4 Å². The number of nitrogens with two attached hydrogens (primary N) is 1. The molecule has 3 aromatic rings. The number of amides is 1. The number of benzene rings is 1. The summed E-state index contributed by atoms with van der Waals surface area (Å²) in [7, 11) is 1.85. The molecule has 2 aromatic heterocycles. The van der Waals surface area contributed by atoms with Crippen molar-refractivity contribution >= 4 is 28.3 Å². The van der Waals surface area contributed by atoms with E-state index in [4.69, 9.17) is 15.5 Å². The van der Waals surface area contributed by atoms with Gasteiger partial charge in [0.15, 0.2) is 5.82 Å². The Hall–Kier alpha value is -2.29. The molecular formula is C22H29N5O2S. The molecule has 0 saturated carbocycles. The lowest BCUT2D eigenvalue weighted by Crippen LogP contribution is -2.31. The van der Waals surface area contributed by atoms with Crippen molar-refractivity contribution in [2.45, 2.75) is 51.5 Å². The first-order valence-corrected chi connectivity index (χ1v) is 11.3. The predicted molar refractivity (Wildman–Crippen MR) is 118 cm³/mol. The number of para-hydroxylation sites is 1. The minimum absolute atomic E-state index is 0.0815. The van der Waals surface area contributed by atoms with Crippen molar-refractivity contribution in [1.82, 2.24) is 18.8 Å². The minimum atomic E-state index is -0.344. The van der Waals surface area contributed by atoms with Crippen LogP contribution >= 0.6 is 11.5 Å². The maximum atomic E-state index is 11.1. The predicted octanol–water partition coefficient (Wildman–Crippen LogP) is 3.36. The van der Waals surface area contributed by atoms with E-state index in [9.17, 15) is 4.79 Å². The number of likely N-dealkylation sites (N-methyl/N-ethyl adjacent to an activating group) is 1. The molecule has 7 nitrogen and oxygen atoms in total. The summed E-state index contributed by atoms with van der Waals surface area (Å²) in [5.41, 5.74) is 6.55. The molecule has 1 amide bonds. The molecule has 0 radical (unpaired) electrons.